The van der Waals surface area contributed by atoms with Gasteiger partial charge in [-0.3, -0.25) is 4.98 Å². The third-order valence-corrected chi connectivity index (χ3v) is 2.92. The predicted molar refractivity (Wildman–Crippen MR) is 75.8 cm³/mol. The molecule has 0 aliphatic heterocycles. The SMILES string of the molecule is COC(=O)c1ccc(CN(C)c2cccc(O)c2)nc1. The van der Waals surface area contributed by atoms with Crippen molar-refractivity contribution >= 4 is 11.7 Å². The molecule has 0 amide bonds. The molecule has 0 fully saturated rings. The fourth-order valence-electron chi connectivity index (χ4n) is 1.82. The number of hydrogen-bond donors (Lipinski definition) is 1. The van der Waals surface area contributed by atoms with Crippen LogP contribution in [-0.2, 0) is 11.3 Å². The molecule has 0 bridgehead atoms. The van der Waals surface area contributed by atoms with E-state index in [0.29, 0.717) is 12.1 Å². The molecule has 20 heavy (non-hydrogen) atoms. The van der Waals surface area contributed by atoms with E-state index in [1.807, 2.05) is 18.0 Å². The van der Waals surface area contributed by atoms with Gasteiger partial charge in [0.15, 0.2) is 0 Å². The van der Waals surface area contributed by atoms with Crippen molar-refractivity contribution in [2.75, 3.05) is 19.1 Å². The summed E-state index contributed by atoms with van der Waals surface area (Å²) >= 11 is 0. The van der Waals surface area contributed by atoms with Crippen LogP contribution in [0.25, 0.3) is 0 Å². The maximum absolute atomic E-state index is 11.3. The Kier molecular flexibility index (Phi) is 4.20. The number of anilines is 1. The number of carbonyl (C=O) groups excluding carboxylic acids is 1. The summed E-state index contributed by atoms with van der Waals surface area (Å²) in [5, 5.41) is 9.46. The molecule has 1 aromatic heterocycles. The Morgan fingerprint density at radius 3 is 2.75 bits per heavy atom. The molecular formula is C15H16N2O3. The third-order valence-electron chi connectivity index (χ3n) is 2.92. The number of hydrogen-bond acceptors (Lipinski definition) is 5. The first kappa shape index (κ1) is 13.9. The molecule has 0 aliphatic rings. The van der Waals surface area contributed by atoms with Crippen molar-refractivity contribution < 1.29 is 14.6 Å². The molecule has 104 valence electrons. The number of rotatable bonds is 4. The molecule has 0 saturated carbocycles. The highest BCUT2D eigenvalue weighted by Gasteiger charge is 2.07. The van der Waals surface area contributed by atoms with Gasteiger partial charge in [-0.2, -0.15) is 0 Å². The van der Waals surface area contributed by atoms with Gasteiger partial charge in [-0.1, -0.05) is 6.07 Å². The fourth-order valence-corrected chi connectivity index (χ4v) is 1.82. The van der Waals surface area contributed by atoms with Crippen LogP contribution in [0.1, 0.15) is 16.1 Å². The lowest BCUT2D eigenvalue weighted by molar-refractivity contribution is 0.0600. The molecule has 0 unspecified atom stereocenters. The minimum atomic E-state index is -0.398. The molecule has 2 rings (SSSR count). The Balaban J connectivity index is 2.08. The van der Waals surface area contributed by atoms with Gasteiger partial charge in [0.25, 0.3) is 0 Å². The number of aromatic hydroxyl groups is 1. The van der Waals surface area contributed by atoms with Crippen molar-refractivity contribution in [2.45, 2.75) is 6.54 Å². The van der Waals surface area contributed by atoms with E-state index in [0.717, 1.165) is 11.4 Å². The van der Waals surface area contributed by atoms with Gasteiger partial charge in [0.2, 0.25) is 0 Å². The summed E-state index contributed by atoms with van der Waals surface area (Å²) < 4.78 is 4.62. The number of phenols is 1. The van der Waals surface area contributed by atoms with Crippen molar-refractivity contribution in [3.63, 3.8) is 0 Å². The zero-order valence-corrected chi connectivity index (χ0v) is 11.4. The Hall–Kier alpha value is -2.56. The fraction of sp³-hybridized carbons (Fsp3) is 0.200. The lowest BCUT2D eigenvalue weighted by Crippen LogP contribution is -2.17. The summed E-state index contributed by atoms with van der Waals surface area (Å²) in [6.07, 6.45) is 1.50. The highest BCUT2D eigenvalue weighted by Crippen LogP contribution is 2.20. The highest BCUT2D eigenvalue weighted by atomic mass is 16.5. The lowest BCUT2D eigenvalue weighted by Gasteiger charge is -2.19. The first-order valence-corrected chi connectivity index (χ1v) is 6.13. The number of esters is 1. The largest absolute Gasteiger partial charge is 0.508 e. The van der Waals surface area contributed by atoms with E-state index in [1.165, 1.54) is 13.3 Å². The third kappa shape index (κ3) is 3.26. The predicted octanol–water partition coefficient (Wildman–Crippen LogP) is 2.21. The van der Waals surface area contributed by atoms with Crippen LogP contribution in [0.15, 0.2) is 42.6 Å². The van der Waals surface area contributed by atoms with Crippen LogP contribution in [0, 0.1) is 0 Å². The monoisotopic (exact) mass is 272 g/mol. The van der Waals surface area contributed by atoms with Crippen LogP contribution >= 0.6 is 0 Å². The number of phenolic OH excluding ortho intramolecular Hbond substituents is 1. The Bertz CT molecular complexity index is 596. The summed E-state index contributed by atoms with van der Waals surface area (Å²) in [5.74, 6) is -0.172. The van der Waals surface area contributed by atoms with E-state index in [4.69, 9.17) is 0 Å². The summed E-state index contributed by atoms with van der Waals surface area (Å²) in [6, 6.07) is 10.5. The normalized spacial score (nSPS) is 10.1. The van der Waals surface area contributed by atoms with E-state index in [2.05, 4.69) is 9.72 Å². The molecule has 0 atom stereocenters. The van der Waals surface area contributed by atoms with E-state index in [-0.39, 0.29) is 5.75 Å². The van der Waals surface area contributed by atoms with Crippen molar-refractivity contribution in [3.8, 4) is 5.75 Å². The number of aromatic nitrogens is 1. The first-order chi connectivity index (χ1) is 9.60. The number of methoxy groups -OCH3 is 1. The summed E-state index contributed by atoms with van der Waals surface area (Å²) in [6.45, 7) is 0.574. The van der Waals surface area contributed by atoms with Gasteiger partial charge >= 0.3 is 5.97 Å². The van der Waals surface area contributed by atoms with Crippen molar-refractivity contribution in [3.05, 3.63) is 53.9 Å². The zero-order chi connectivity index (χ0) is 14.5. The van der Waals surface area contributed by atoms with E-state index >= 15 is 0 Å². The van der Waals surface area contributed by atoms with Crippen LogP contribution in [0.4, 0.5) is 5.69 Å². The van der Waals surface area contributed by atoms with Crippen molar-refractivity contribution in [2.24, 2.45) is 0 Å². The smallest absolute Gasteiger partial charge is 0.339 e. The minimum Gasteiger partial charge on any atom is -0.508 e. The molecule has 1 heterocycles. The van der Waals surface area contributed by atoms with Crippen LogP contribution < -0.4 is 4.90 Å². The van der Waals surface area contributed by atoms with Gasteiger partial charge in [-0.25, -0.2) is 4.79 Å². The molecule has 0 aliphatic carbocycles. The van der Waals surface area contributed by atoms with Gasteiger partial charge in [0.1, 0.15) is 5.75 Å². The minimum absolute atomic E-state index is 0.225. The lowest BCUT2D eigenvalue weighted by atomic mass is 10.2. The summed E-state index contributed by atoms with van der Waals surface area (Å²) in [5.41, 5.74) is 2.14. The topological polar surface area (TPSA) is 62.7 Å². The summed E-state index contributed by atoms with van der Waals surface area (Å²) in [4.78, 5) is 17.5. The number of benzene rings is 1. The Morgan fingerprint density at radius 2 is 2.15 bits per heavy atom. The van der Waals surface area contributed by atoms with Crippen LogP contribution in [0.2, 0.25) is 0 Å². The second-order valence-electron chi connectivity index (χ2n) is 4.41. The quantitative estimate of drug-likeness (QED) is 0.865. The average molecular weight is 272 g/mol. The number of carbonyl (C=O) groups is 1. The number of nitrogens with zero attached hydrogens (tertiary/aromatic N) is 2. The standard InChI is InChI=1S/C15H16N2O3/c1-17(13-4-3-5-14(18)8-13)10-12-7-6-11(9-16-12)15(19)20-2/h3-9,18H,10H2,1-2H3. The van der Waals surface area contributed by atoms with Crippen molar-refractivity contribution in [1.29, 1.82) is 0 Å². The Labute approximate surface area is 117 Å². The summed E-state index contributed by atoms with van der Waals surface area (Å²) in [7, 11) is 3.25. The molecular weight excluding hydrogens is 256 g/mol. The molecule has 5 nitrogen and oxygen atoms in total. The Morgan fingerprint density at radius 1 is 1.35 bits per heavy atom. The van der Waals surface area contributed by atoms with Crippen molar-refractivity contribution in [1.82, 2.24) is 4.98 Å². The van der Waals surface area contributed by atoms with E-state index < -0.39 is 5.97 Å². The maximum atomic E-state index is 11.3. The number of pyridine rings is 1. The van der Waals surface area contributed by atoms with E-state index in [1.54, 1.807) is 30.3 Å². The molecule has 1 aromatic carbocycles. The second kappa shape index (κ2) is 6.06. The van der Waals surface area contributed by atoms with E-state index in [9.17, 15) is 9.90 Å². The molecule has 2 aromatic rings. The van der Waals surface area contributed by atoms with Gasteiger partial charge in [-0.05, 0) is 24.3 Å². The maximum Gasteiger partial charge on any atom is 0.339 e. The highest BCUT2D eigenvalue weighted by molar-refractivity contribution is 5.88. The average Bonchev–Trinajstić information content (AvgIpc) is 2.47. The first-order valence-electron chi connectivity index (χ1n) is 6.13. The molecule has 0 saturated heterocycles. The van der Waals surface area contributed by atoms with Crippen LogP contribution in [0.3, 0.4) is 0 Å². The van der Waals surface area contributed by atoms with Gasteiger partial charge < -0.3 is 14.7 Å². The zero-order valence-electron chi connectivity index (χ0n) is 11.4. The second-order valence-corrected chi connectivity index (χ2v) is 4.41. The van der Waals surface area contributed by atoms with Gasteiger partial charge in [0, 0.05) is 25.0 Å². The number of ether oxygens (including phenoxy) is 1. The van der Waals surface area contributed by atoms with Crippen LogP contribution in [0.5, 0.6) is 5.75 Å². The molecule has 0 radical (unpaired) electrons. The molecule has 0 spiro atoms. The molecule has 5 heteroatoms. The molecule has 1 N–H and O–H groups in total. The van der Waals surface area contributed by atoms with Crippen LogP contribution in [-0.4, -0.2) is 30.2 Å². The van der Waals surface area contributed by atoms with Gasteiger partial charge in [-0.15, -0.1) is 0 Å². The van der Waals surface area contributed by atoms with Gasteiger partial charge in [0.05, 0.1) is 24.9 Å².